The van der Waals surface area contributed by atoms with Crippen LogP contribution in [0.2, 0.25) is 0 Å². The molecule has 0 radical (unpaired) electrons. The fourth-order valence-electron chi connectivity index (χ4n) is 1.17. The third-order valence-electron chi connectivity index (χ3n) is 2.30. The summed E-state index contributed by atoms with van der Waals surface area (Å²) in [7, 11) is 3.19. The van der Waals surface area contributed by atoms with Crippen molar-refractivity contribution in [2.75, 3.05) is 20.8 Å². The molecule has 0 saturated carbocycles. The third-order valence-corrected chi connectivity index (χ3v) is 3.13. The summed E-state index contributed by atoms with van der Waals surface area (Å²) < 4.78 is 4.95. The van der Waals surface area contributed by atoms with E-state index in [1.165, 1.54) is 10.3 Å². The maximum absolute atomic E-state index is 11.9. The monoisotopic (exact) mass is 258 g/mol. The van der Waals surface area contributed by atoms with Gasteiger partial charge in [0.1, 0.15) is 0 Å². The van der Waals surface area contributed by atoms with E-state index in [0.717, 1.165) is 11.3 Å². The van der Waals surface area contributed by atoms with E-state index in [1.54, 1.807) is 14.2 Å². The lowest BCUT2D eigenvalue weighted by atomic mass is 10.3. The van der Waals surface area contributed by atoms with Gasteiger partial charge in [0.15, 0.2) is 10.7 Å². The zero-order valence-electron chi connectivity index (χ0n) is 9.84. The minimum Gasteiger partial charge on any atom is -0.476 e. The Morgan fingerprint density at radius 2 is 2.29 bits per heavy atom. The number of carbonyl (C=O) groups excluding carboxylic acids is 1. The van der Waals surface area contributed by atoms with Crippen molar-refractivity contribution in [3.05, 3.63) is 16.1 Å². The Hall–Kier alpha value is -1.47. The average molecular weight is 258 g/mol. The number of rotatable bonds is 5. The number of aromatic nitrogens is 1. The molecule has 0 saturated heterocycles. The van der Waals surface area contributed by atoms with Gasteiger partial charge in [0.25, 0.3) is 5.91 Å². The summed E-state index contributed by atoms with van der Waals surface area (Å²) in [5.41, 5.74) is -0.105. The van der Waals surface area contributed by atoms with E-state index in [-0.39, 0.29) is 22.7 Å². The van der Waals surface area contributed by atoms with Crippen molar-refractivity contribution < 1.29 is 19.4 Å². The Morgan fingerprint density at radius 3 is 2.76 bits per heavy atom. The zero-order chi connectivity index (χ0) is 13.0. The Kier molecular flexibility index (Phi) is 4.59. The van der Waals surface area contributed by atoms with Gasteiger partial charge in [0.2, 0.25) is 0 Å². The van der Waals surface area contributed by atoms with Crippen LogP contribution < -0.4 is 0 Å². The predicted molar refractivity (Wildman–Crippen MR) is 62.5 cm³/mol. The van der Waals surface area contributed by atoms with Crippen molar-refractivity contribution in [2.24, 2.45) is 0 Å². The number of amides is 1. The van der Waals surface area contributed by atoms with Gasteiger partial charge in [-0.2, -0.15) is 0 Å². The number of methoxy groups -OCH3 is 1. The van der Waals surface area contributed by atoms with Crippen molar-refractivity contribution in [1.29, 1.82) is 0 Å². The summed E-state index contributed by atoms with van der Waals surface area (Å²) in [4.78, 5) is 27.8. The van der Waals surface area contributed by atoms with Gasteiger partial charge in [-0.05, 0) is 6.92 Å². The molecule has 0 fully saturated rings. The highest BCUT2D eigenvalue weighted by atomic mass is 32.1. The number of thiazole rings is 1. The average Bonchev–Trinajstić information content (AvgIpc) is 2.76. The molecule has 94 valence electrons. The molecule has 1 atom stereocenters. The minimum atomic E-state index is -1.13. The van der Waals surface area contributed by atoms with E-state index < -0.39 is 5.97 Å². The van der Waals surface area contributed by atoms with Gasteiger partial charge in [0.05, 0.1) is 12.6 Å². The molecule has 1 amide bonds. The molecule has 0 spiro atoms. The van der Waals surface area contributed by atoms with E-state index in [9.17, 15) is 9.59 Å². The van der Waals surface area contributed by atoms with E-state index in [4.69, 9.17) is 9.84 Å². The van der Waals surface area contributed by atoms with Crippen molar-refractivity contribution in [3.63, 3.8) is 0 Å². The van der Waals surface area contributed by atoms with Crippen LogP contribution in [0.4, 0.5) is 0 Å². The van der Waals surface area contributed by atoms with Crippen LogP contribution >= 0.6 is 11.3 Å². The second-order valence-corrected chi connectivity index (χ2v) is 4.42. The van der Waals surface area contributed by atoms with Gasteiger partial charge < -0.3 is 14.7 Å². The molecular formula is C10H14N2O4S. The topological polar surface area (TPSA) is 79.7 Å². The van der Waals surface area contributed by atoms with Crippen LogP contribution in [0.1, 0.15) is 27.2 Å². The summed E-state index contributed by atoms with van der Waals surface area (Å²) in [5, 5.41) is 10.2. The highest BCUT2D eigenvalue weighted by Crippen LogP contribution is 2.13. The second kappa shape index (κ2) is 5.74. The molecule has 0 aliphatic carbocycles. The van der Waals surface area contributed by atoms with Crippen LogP contribution in [0.3, 0.4) is 0 Å². The Bertz CT molecular complexity index is 418. The standard InChI is InChI=1S/C10H14N2O4S/c1-6(4-16-3)12(2)9(13)8-11-7(5-17-8)10(14)15/h5-6H,4H2,1-3H3,(H,14,15). The number of nitrogens with zero attached hydrogens (tertiary/aromatic N) is 2. The predicted octanol–water partition coefficient (Wildman–Crippen LogP) is 0.948. The number of likely N-dealkylation sites (N-methyl/N-ethyl adjacent to an activating group) is 1. The molecule has 0 aromatic carbocycles. The van der Waals surface area contributed by atoms with Crippen molar-refractivity contribution in [2.45, 2.75) is 13.0 Å². The Morgan fingerprint density at radius 1 is 1.65 bits per heavy atom. The van der Waals surface area contributed by atoms with Crippen molar-refractivity contribution in [3.8, 4) is 0 Å². The van der Waals surface area contributed by atoms with E-state index in [0.29, 0.717) is 6.61 Å². The first-order chi connectivity index (χ1) is 7.97. The lowest BCUT2D eigenvalue weighted by Crippen LogP contribution is -2.37. The molecule has 1 heterocycles. The first kappa shape index (κ1) is 13.6. The fraction of sp³-hybridized carbons (Fsp3) is 0.500. The summed E-state index contributed by atoms with van der Waals surface area (Å²) in [5.74, 6) is -1.43. The Balaban J connectivity index is 2.77. The lowest BCUT2D eigenvalue weighted by molar-refractivity contribution is 0.0633. The summed E-state index contributed by atoms with van der Waals surface area (Å²) in [6.07, 6.45) is 0. The zero-order valence-corrected chi connectivity index (χ0v) is 10.7. The molecule has 1 N–H and O–H groups in total. The molecule has 0 bridgehead atoms. The Labute approximate surface area is 103 Å². The minimum absolute atomic E-state index is 0.0929. The van der Waals surface area contributed by atoms with E-state index in [1.807, 2.05) is 6.92 Å². The maximum atomic E-state index is 11.9. The summed E-state index contributed by atoms with van der Waals surface area (Å²) in [6.45, 7) is 2.26. The first-order valence-corrected chi connectivity index (χ1v) is 5.80. The summed E-state index contributed by atoms with van der Waals surface area (Å²) in [6, 6.07) is -0.0929. The highest BCUT2D eigenvalue weighted by Gasteiger charge is 2.21. The van der Waals surface area contributed by atoms with Crippen LogP contribution in [0, 0.1) is 0 Å². The van der Waals surface area contributed by atoms with Crippen molar-refractivity contribution >= 4 is 23.2 Å². The van der Waals surface area contributed by atoms with Gasteiger partial charge >= 0.3 is 5.97 Å². The molecule has 1 aromatic heterocycles. The van der Waals surface area contributed by atoms with Gasteiger partial charge in [0, 0.05) is 19.5 Å². The third kappa shape index (κ3) is 3.24. The van der Waals surface area contributed by atoms with Crippen LogP contribution in [-0.2, 0) is 4.74 Å². The molecule has 17 heavy (non-hydrogen) atoms. The lowest BCUT2D eigenvalue weighted by Gasteiger charge is -2.23. The van der Waals surface area contributed by atoms with Gasteiger partial charge in [-0.3, -0.25) is 4.79 Å². The molecule has 0 aliphatic rings. The van der Waals surface area contributed by atoms with Crippen LogP contribution in [0.25, 0.3) is 0 Å². The fourth-order valence-corrected chi connectivity index (χ4v) is 1.95. The van der Waals surface area contributed by atoms with Gasteiger partial charge in [-0.25, -0.2) is 9.78 Å². The number of aromatic carboxylic acids is 1. The molecular weight excluding hydrogens is 244 g/mol. The molecule has 1 rings (SSSR count). The smallest absolute Gasteiger partial charge is 0.355 e. The second-order valence-electron chi connectivity index (χ2n) is 3.56. The van der Waals surface area contributed by atoms with Crippen molar-refractivity contribution in [1.82, 2.24) is 9.88 Å². The van der Waals surface area contributed by atoms with E-state index >= 15 is 0 Å². The first-order valence-electron chi connectivity index (χ1n) is 4.92. The van der Waals surface area contributed by atoms with Crippen LogP contribution in [-0.4, -0.2) is 53.7 Å². The van der Waals surface area contributed by atoms with Crippen LogP contribution in [0.5, 0.6) is 0 Å². The van der Waals surface area contributed by atoms with Gasteiger partial charge in [-0.15, -0.1) is 11.3 Å². The molecule has 1 unspecified atom stereocenters. The normalized spacial score (nSPS) is 12.2. The molecule has 7 heteroatoms. The number of carboxylic acid groups (broad SMARTS) is 1. The SMILES string of the molecule is COCC(C)N(C)C(=O)c1nc(C(=O)O)cs1. The molecule has 6 nitrogen and oxygen atoms in total. The molecule has 0 aliphatic heterocycles. The quantitative estimate of drug-likeness (QED) is 0.850. The highest BCUT2D eigenvalue weighted by molar-refractivity contribution is 7.11. The van der Waals surface area contributed by atoms with E-state index in [2.05, 4.69) is 4.98 Å². The summed E-state index contributed by atoms with van der Waals surface area (Å²) >= 11 is 1.03. The largest absolute Gasteiger partial charge is 0.476 e. The number of carboxylic acids is 1. The number of hydrogen-bond donors (Lipinski definition) is 1. The number of ether oxygens (including phenoxy) is 1. The number of hydrogen-bond acceptors (Lipinski definition) is 5. The molecule has 1 aromatic rings. The van der Waals surface area contributed by atoms with Gasteiger partial charge in [-0.1, -0.05) is 0 Å². The maximum Gasteiger partial charge on any atom is 0.355 e. The van der Waals surface area contributed by atoms with Crippen LogP contribution in [0.15, 0.2) is 5.38 Å². The number of carbonyl (C=O) groups is 2.